The number of aliphatic carboxylic acids is 1. The highest BCUT2D eigenvalue weighted by Crippen LogP contribution is 2.30. The number of carbonyl (C=O) groups is 1. The maximum atomic E-state index is 12.2. The summed E-state index contributed by atoms with van der Waals surface area (Å²) in [6.07, 6.45) is 2.11. The van der Waals surface area contributed by atoms with Gasteiger partial charge < -0.3 is 10.0 Å². The average molecular weight is 388 g/mol. The van der Waals surface area contributed by atoms with Crippen LogP contribution >= 0.6 is 0 Å². The molecule has 1 unspecified atom stereocenters. The van der Waals surface area contributed by atoms with Crippen LogP contribution in [0.15, 0.2) is 59.5 Å². The van der Waals surface area contributed by atoms with Crippen molar-refractivity contribution in [1.82, 2.24) is 4.72 Å². The molecule has 1 aliphatic rings. The number of carboxylic acid groups (broad SMARTS) is 1. The molecule has 2 N–H and O–H groups in total. The summed E-state index contributed by atoms with van der Waals surface area (Å²) in [6, 6.07) is 15.9. The fraction of sp³-hybridized carbons (Fsp3) is 0.350. The van der Waals surface area contributed by atoms with E-state index in [1.165, 1.54) is 24.6 Å². The molecule has 0 spiro atoms. The van der Waals surface area contributed by atoms with Gasteiger partial charge in [-0.25, -0.2) is 8.42 Å². The maximum absolute atomic E-state index is 12.2. The van der Waals surface area contributed by atoms with Crippen molar-refractivity contribution in [3.05, 3.63) is 60.2 Å². The molecule has 1 atom stereocenters. The Kier molecular flexibility index (Phi) is 5.82. The second-order valence-electron chi connectivity index (χ2n) is 6.85. The summed E-state index contributed by atoms with van der Waals surface area (Å²) in [7, 11) is -3.85. The van der Waals surface area contributed by atoms with E-state index in [1.54, 1.807) is 12.1 Å². The molecule has 1 aliphatic heterocycles. The smallest absolute Gasteiger partial charge is 0.321 e. The minimum atomic E-state index is -3.85. The van der Waals surface area contributed by atoms with Crippen molar-refractivity contribution >= 4 is 21.7 Å². The molecule has 1 heterocycles. The van der Waals surface area contributed by atoms with Crippen LogP contribution in [-0.2, 0) is 14.8 Å². The molecular weight excluding hydrogens is 364 g/mol. The number of hydrogen-bond donors (Lipinski definition) is 2. The SMILES string of the molecule is CC(NS(=O)(=O)c1ccc(N2CCC(c3ccccc3)CC2)cc1)C(=O)O. The van der Waals surface area contributed by atoms with Crippen LogP contribution in [0.5, 0.6) is 0 Å². The van der Waals surface area contributed by atoms with E-state index >= 15 is 0 Å². The van der Waals surface area contributed by atoms with E-state index in [9.17, 15) is 13.2 Å². The predicted octanol–water partition coefficient (Wildman–Crippen LogP) is 2.82. The van der Waals surface area contributed by atoms with Gasteiger partial charge in [0.2, 0.25) is 10.0 Å². The zero-order chi connectivity index (χ0) is 19.4. The zero-order valence-electron chi connectivity index (χ0n) is 15.2. The van der Waals surface area contributed by atoms with Crippen molar-refractivity contribution < 1.29 is 18.3 Å². The van der Waals surface area contributed by atoms with E-state index in [-0.39, 0.29) is 4.90 Å². The van der Waals surface area contributed by atoms with E-state index in [2.05, 4.69) is 33.9 Å². The molecular formula is C20H24N2O4S. The Bertz CT molecular complexity index is 874. The summed E-state index contributed by atoms with van der Waals surface area (Å²) in [5.74, 6) is -0.653. The molecule has 2 aromatic carbocycles. The van der Waals surface area contributed by atoms with E-state index in [0.29, 0.717) is 5.92 Å². The topological polar surface area (TPSA) is 86.7 Å². The highest BCUT2D eigenvalue weighted by atomic mass is 32.2. The summed E-state index contributed by atoms with van der Waals surface area (Å²) in [6.45, 7) is 3.13. The standard InChI is InChI=1S/C20H24N2O4S/c1-15(20(23)24)21-27(25,26)19-9-7-18(8-10-19)22-13-11-17(12-14-22)16-5-3-2-4-6-16/h2-10,15,17,21H,11-14H2,1H3,(H,23,24). The molecule has 0 aromatic heterocycles. The third-order valence-electron chi connectivity index (χ3n) is 4.98. The number of piperidine rings is 1. The molecule has 0 saturated carbocycles. The van der Waals surface area contributed by atoms with Gasteiger partial charge in [-0.15, -0.1) is 0 Å². The lowest BCUT2D eigenvalue weighted by Gasteiger charge is -2.34. The maximum Gasteiger partial charge on any atom is 0.321 e. The van der Waals surface area contributed by atoms with Crippen LogP contribution in [0.25, 0.3) is 0 Å². The number of nitrogens with zero attached hydrogens (tertiary/aromatic N) is 1. The van der Waals surface area contributed by atoms with Crippen LogP contribution in [0, 0.1) is 0 Å². The average Bonchev–Trinajstić information content (AvgIpc) is 2.68. The first kappa shape index (κ1) is 19.4. The lowest BCUT2D eigenvalue weighted by Crippen LogP contribution is -2.38. The number of sulfonamides is 1. The second-order valence-corrected chi connectivity index (χ2v) is 8.56. The zero-order valence-corrected chi connectivity index (χ0v) is 16.0. The number of anilines is 1. The van der Waals surface area contributed by atoms with Crippen molar-refractivity contribution in [2.24, 2.45) is 0 Å². The van der Waals surface area contributed by atoms with E-state index < -0.39 is 22.0 Å². The Balaban J connectivity index is 1.64. The molecule has 1 fully saturated rings. The first-order valence-corrected chi connectivity index (χ1v) is 10.5. The monoisotopic (exact) mass is 388 g/mol. The van der Waals surface area contributed by atoms with Crippen LogP contribution in [-0.4, -0.2) is 38.6 Å². The van der Waals surface area contributed by atoms with Crippen LogP contribution < -0.4 is 9.62 Å². The van der Waals surface area contributed by atoms with Gasteiger partial charge in [-0.05, 0) is 55.5 Å². The molecule has 0 bridgehead atoms. The molecule has 0 aliphatic carbocycles. The first-order chi connectivity index (χ1) is 12.9. The van der Waals surface area contributed by atoms with Crippen molar-refractivity contribution in [1.29, 1.82) is 0 Å². The Morgan fingerprint density at radius 3 is 2.22 bits per heavy atom. The Labute approximate surface area is 159 Å². The van der Waals surface area contributed by atoms with Gasteiger partial charge in [0, 0.05) is 18.8 Å². The molecule has 7 heteroatoms. The van der Waals surface area contributed by atoms with Crippen molar-refractivity contribution in [3.63, 3.8) is 0 Å². The van der Waals surface area contributed by atoms with Crippen molar-refractivity contribution in [2.75, 3.05) is 18.0 Å². The number of carboxylic acids is 1. The summed E-state index contributed by atoms with van der Waals surface area (Å²) >= 11 is 0. The minimum absolute atomic E-state index is 0.0681. The van der Waals surface area contributed by atoms with Gasteiger partial charge in [0.1, 0.15) is 6.04 Å². The van der Waals surface area contributed by atoms with Gasteiger partial charge in [-0.2, -0.15) is 4.72 Å². The summed E-state index contributed by atoms with van der Waals surface area (Å²) in [4.78, 5) is 13.2. The highest BCUT2D eigenvalue weighted by molar-refractivity contribution is 7.89. The number of benzene rings is 2. The van der Waals surface area contributed by atoms with E-state index in [4.69, 9.17) is 5.11 Å². The van der Waals surface area contributed by atoms with Crippen LogP contribution in [0.2, 0.25) is 0 Å². The summed E-state index contributed by atoms with van der Waals surface area (Å²) in [5.41, 5.74) is 2.35. The molecule has 1 saturated heterocycles. The Morgan fingerprint density at radius 2 is 1.67 bits per heavy atom. The van der Waals surface area contributed by atoms with Gasteiger partial charge >= 0.3 is 5.97 Å². The summed E-state index contributed by atoms with van der Waals surface area (Å²) < 4.78 is 26.6. The Morgan fingerprint density at radius 1 is 1.07 bits per heavy atom. The summed E-state index contributed by atoms with van der Waals surface area (Å²) in [5, 5.41) is 8.88. The van der Waals surface area contributed by atoms with Gasteiger partial charge in [0.25, 0.3) is 0 Å². The van der Waals surface area contributed by atoms with Gasteiger partial charge in [0.15, 0.2) is 0 Å². The predicted molar refractivity (Wildman–Crippen MR) is 104 cm³/mol. The molecule has 0 amide bonds. The lowest BCUT2D eigenvalue weighted by molar-refractivity contribution is -0.138. The fourth-order valence-corrected chi connectivity index (χ4v) is 4.58. The second kappa shape index (κ2) is 8.10. The normalized spacial score (nSPS) is 16.9. The quantitative estimate of drug-likeness (QED) is 0.795. The number of hydrogen-bond acceptors (Lipinski definition) is 4. The van der Waals surface area contributed by atoms with Crippen molar-refractivity contribution in [2.45, 2.75) is 36.6 Å². The molecule has 2 aromatic rings. The lowest BCUT2D eigenvalue weighted by atomic mass is 9.89. The van der Waals surface area contributed by atoms with Gasteiger partial charge in [-0.1, -0.05) is 30.3 Å². The third kappa shape index (κ3) is 4.67. The van der Waals surface area contributed by atoms with Crippen LogP contribution in [0.4, 0.5) is 5.69 Å². The Hall–Kier alpha value is -2.38. The highest BCUT2D eigenvalue weighted by Gasteiger charge is 2.23. The first-order valence-electron chi connectivity index (χ1n) is 9.02. The molecule has 6 nitrogen and oxygen atoms in total. The minimum Gasteiger partial charge on any atom is -0.480 e. The van der Waals surface area contributed by atoms with Crippen molar-refractivity contribution in [3.8, 4) is 0 Å². The van der Waals surface area contributed by atoms with Gasteiger partial charge in [0.05, 0.1) is 4.90 Å². The molecule has 0 radical (unpaired) electrons. The van der Waals surface area contributed by atoms with Gasteiger partial charge in [-0.3, -0.25) is 4.79 Å². The van der Waals surface area contributed by atoms with Crippen LogP contribution in [0.3, 0.4) is 0 Å². The number of rotatable bonds is 6. The molecule has 144 valence electrons. The van der Waals surface area contributed by atoms with E-state index in [1.807, 2.05) is 6.07 Å². The fourth-order valence-electron chi connectivity index (χ4n) is 3.38. The number of nitrogens with one attached hydrogen (secondary N) is 1. The van der Waals surface area contributed by atoms with Crippen LogP contribution in [0.1, 0.15) is 31.2 Å². The molecule has 3 rings (SSSR count). The molecule has 27 heavy (non-hydrogen) atoms. The third-order valence-corrected chi connectivity index (χ3v) is 6.54. The van der Waals surface area contributed by atoms with E-state index in [0.717, 1.165) is 31.6 Å². The largest absolute Gasteiger partial charge is 0.480 e.